The number of benzene rings is 1. The summed E-state index contributed by atoms with van der Waals surface area (Å²) in [6.45, 7) is 3.85. The van der Waals surface area contributed by atoms with Gasteiger partial charge in [0.15, 0.2) is 11.6 Å². The molecule has 1 aromatic rings. The van der Waals surface area contributed by atoms with E-state index in [1.54, 1.807) is 0 Å². The summed E-state index contributed by atoms with van der Waals surface area (Å²) in [5.41, 5.74) is 5.79. The van der Waals surface area contributed by atoms with Crippen molar-refractivity contribution in [2.45, 2.75) is 25.9 Å². The molecule has 0 saturated carbocycles. The Balaban J connectivity index is 2.10. The number of halogens is 2. The van der Waals surface area contributed by atoms with E-state index < -0.39 is 11.6 Å². The number of rotatable bonds is 3. The molecule has 1 saturated heterocycles. The SMILES string of the molecule is CC(Oc1c(N)ccc(F)c1F)C1CCCN(C)C1. The van der Waals surface area contributed by atoms with E-state index in [2.05, 4.69) is 11.9 Å². The summed E-state index contributed by atoms with van der Waals surface area (Å²) in [6, 6.07) is 2.34. The van der Waals surface area contributed by atoms with Crippen LogP contribution in [0.1, 0.15) is 19.8 Å². The van der Waals surface area contributed by atoms with Crippen LogP contribution in [-0.4, -0.2) is 31.1 Å². The molecule has 0 bridgehead atoms. The summed E-state index contributed by atoms with van der Waals surface area (Å²) >= 11 is 0. The number of piperidine rings is 1. The second-order valence-corrected chi connectivity index (χ2v) is 5.27. The van der Waals surface area contributed by atoms with E-state index in [4.69, 9.17) is 10.5 Å². The largest absolute Gasteiger partial charge is 0.485 e. The van der Waals surface area contributed by atoms with Gasteiger partial charge in [-0.15, -0.1) is 0 Å². The lowest BCUT2D eigenvalue weighted by molar-refractivity contribution is 0.0870. The first-order chi connectivity index (χ1) is 8.99. The third-order valence-corrected chi connectivity index (χ3v) is 3.71. The first-order valence-corrected chi connectivity index (χ1v) is 6.57. The van der Waals surface area contributed by atoms with Gasteiger partial charge >= 0.3 is 0 Å². The Bertz CT molecular complexity index is 453. The molecule has 19 heavy (non-hydrogen) atoms. The summed E-state index contributed by atoms with van der Waals surface area (Å²) < 4.78 is 32.4. The molecule has 2 N–H and O–H groups in total. The maximum absolute atomic E-state index is 13.7. The number of hydrogen-bond donors (Lipinski definition) is 1. The van der Waals surface area contributed by atoms with Crippen molar-refractivity contribution >= 4 is 5.69 Å². The molecule has 0 spiro atoms. The Morgan fingerprint density at radius 1 is 1.42 bits per heavy atom. The summed E-state index contributed by atoms with van der Waals surface area (Å²) in [5, 5.41) is 0. The summed E-state index contributed by atoms with van der Waals surface area (Å²) in [5.74, 6) is -1.80. The fraction of sp³-hybridized carbons (Fsp3) is 0.571. The molecule has 1 fully saturated rings. The zero-order valence-electron chi connectivity index (χ0n) is 11.3. The molecule has 0 aliphatic carbocycles. The van der Waals surface area contributed by atoms with E-state index in [9.17, 15) is 8.78 Å². The Morgan fingerprint density at radius 3 is 2.84 bits per heavy atom. The van der Waals surface area contributed by atoms with E-state index in [0.717, 1.165) is 32.0 Å². The number of hydrogen-bond acceptors (Lipinski definition) is 3. The minimum absolute atomic E-state index is 0.134. The van der Waals surface area contributed by atoms with Crippen molar-refractivity contribution in [2.24, 2.45) is 5.92 Å². The summed E-state index contributed by atoms with van der Waals surface area (Å²) in [4.78, 5) is 2.22. The van der Waals surface area contributed by atoms with E-state index in [1.807, 2.05) is 6.92 Å². The van der Waals surface area contributed by atoms with Gasteiger partial charge in [-0.25, -0.2) is 4.39 Å². The first kappa shape index (κ1) is 14.1. The summed E-state index contributed by atoms with van der Waals surface area (Å²) in [6.07, 6.45) is 1.93. The second kappa shape index (κ2) is 5.74. The van der Waals surface area contributed by atoms with Crippen molar-refractivity contribution < 1.29 is 13.5 Å². The van der Waals surface area contributed by atoms with Crippen LogP contribution in [0.4, 0.5) is 14.5 Å². The van der Waals surface area contributed by atoms with Crippen molar-refractivity contribution in [2.75, 3.05) is 25.9 Å². The monoisotopic (exact) mass is 270 g/mol. The van der Waals surface area contributed by atoms with Gasteiger partial charge in [-0.1, -0.05) is 0 Å². The van der Waals surface area contributed by atoms with E-state index in [1.165, 1.54) is 6.07 Å². The molecule has 2 rings (SSSR count). The fourth-order valence-electron chi connectivity index (χ4n) is 2.54. The average Bonchev–Trinajstić information content (AvgIpc) is 2.39. The predicted octanol–water partition coefficient (Wildman–Crippen LogP) is 2.66. The Hall–Kier alpha value is -1.36. The molecule has 3 nitrogen and oxygen atoms in total. The van der Waals surface area contributed by atoms with Crippen LogP contribution in [0, 0.1) is 17.6 Å². The molecule has 1 aliphatic rings. The van der Waals surface area contributed by atoms with E-state index in [-0.39, 0.29) is 17.5 Å². The molecule has 0 radical (unpaired) electrons. The molecule has 1 aromatic carbocycles. The van der Waals surface area contributed by atoms with Crippen LogP contribution in [0.2, 0.25) is 0 Å². The normalized spacial score (nSPS) is 22.2. The lowest BCUT2D eigenvalue weighted by atomic mass is 9.93. The average molecular weight is 270 g/mol. The highest BCUT2D eigenvalue weighted by molar-refractivity contribution is 5.53. The highest BCUT2D eigenvalue weighted by Crippen LogP contribution is 2.30. The van der Waals surface area contributed by atoms with Crippen LogP contribution in [-0.2, 0) is 0 Å². The number of anilines is 1. The molecule has 0 amide bonds. The van der Waals surface area contributed by atoms with Crippen LogP contribution >= 0.6 is 0 Å². The number of nitrogens with two attached hydrogens (primary N) is 1. The molecular weight excluding hydrogens is 250 g/mol. The van der Waals surface area contributed by atoms with Crippen LogP contribution < -0.4 is 10.5 Å². The number of likely N-dealkylation sites (tertiary alicyclic amines) is 1. The Morgan fingerprint density at radius 2 is 2.16 bits per heavy atom. The van der Waals surface area contributed by atoms with Crippen LogP contribution in [0.15, 0.2) is 12.1 Å². The zero-order chi connectivity index (χ0) is 14.0. The lowest BCUT2D eigenvalue weighted by Crippen LogP contribution is -2.39. The Kier molecular flexibility index (Phi) is 4.24. The highest BCUT2D eigenvalue weighted by Gasteiger charge is 2.26. The van der Waals surface area contributed by atoms with E-state index in [0.29, 0.717) is 5.92 Å². The van der Waals surface area contributed by atoms with Crippen molar-refractivity contribution in [1.82, 2.24) is 4.90 Å². The standard InChI is InChI=1S/C14H20F2N2O/c1-9(10-4-3-7-18(2)8-10)19-14-12(17)6-5-11(15)13(14)16/h5-6,9-10H,3-4,7-8,17H2,1-2H3. The molecule has 0 aromatic heterocycles. The molecule has 1 aliphatic heterocycles. The van der Waals surface area contributed by atoms with Crippen molar-refractivity contribution in [3.63, 3.8) is 0 Å². The number of nitrogen functional groups attached to an aromatic ring is 1. The van der Waals surface area contributed by atoms with Gasteiger partial charge in [-0.2, -0.15) is 4.39 Å². The third-order valence-electron chi connectivity index (χ3n) is 3.71. The van der Waals surface area contributed by atoms with Gasteiger partial charge in [0.05, 0.1) is 5.69 Å². The molecule has 2 unspecified atom stereocenters. The van der Waals surface area contributed by atoms with Gasteiger partial charge in [0.2, 0.25) is 5.82 Å². The van der Waals surface area contributed by atoms with Crippen molar-refractivity contribution in [3.05, 3.63) is 23.8 Å². The lowest BCUT2D eigenvalue weighted by Gasteiger charge is -2.33. The minimum atomic E-state index is -1.00. The van der Waals surface area contributed by atoms with Gasteiger partial charge in [0.25, 0.3) is 0 Å². The summed E-state index contributed by atoms with van der Waals surface area (Å²) in [7, 11) is 2.05. The zero-order valence-corrected chi connectivity index (χ0v) is 11.3. The van der Waals surface area contributed by atoms with Gasteiger partial charge in [0.1, 0.15) is 6.10 Å². The molecule has 1 heterocycles. The number of ether oxygens (including phenoxy) is 1. The van der Waals surface area contributed by atoms with Crippen molar-refractivity contribution in [3.8, 4) is 5.75 Å². The van der Waals surface area contributed by atoms with Gasteiger partial charge < -0.3 is 15.4 Å². The van der Waals surface area contributed by atoms with Crippen LogP contribution in [0.25, 0.3) is 0 Å². The minimum Gasteiger partial charge on any atom is -0.485 e. The topological polar surface area (TPSA) is 38.5 Å². The first-order valence-electron chi connectivity index (χ1n) is 6.57. The quantitative estimate of drug-likeness (QED) is 0.858. The molecule has 106 valence electrons. The number of nitrogens with zero attached hydrogens (tertiary/aromatic N) is 1. The van der Waals surface area contributed by atoms with Gasteiger partial charge in [0, 0.05) is 12.5 Å². The maximum atomic E-state index is 13.7. The smallest absolute Gasteiger partial charge is 0.202 e. The predicted molar refractivity (Wildman–Crippen MR) is 71.1 cm³/mol. The van der Waals surface area contributed by atoms with Crippen LogP contribution in [0.5, 0.6) is 5.75 Å². The van der Waals surface area contributed by atoms with Crippen LogP contribution in [0.3, 0.4) is 0 Å². The Labute approximate surface area is 112 Å². The molecule has 5 heteroatoms. The van der Waals surface area contributed by atoms with Gasteiger partial charge in [-0.05, 0) is 45.5 Å². The maximum Gasteiger partial charge on any atom is 0.202 e. The van der Waals surface area contributed by atoms with Gasteiger partial charge in [-0.3, -0.25) is 0 Å². The van der Waals surface area contributed by atoms with E-state index >= 15 is 0 Å². The highest BCUT2D eigenvalue weighted by atomic mass is 19.2. The fourth-order valence-corrected chi connectivity index (χ4v) is 2.54. The molecule has 2 atom stereocenters. The third kappa shape index (κ3) is 3.15. The molecular formula is C14H20F2N2O. The second-order valence-electron chi connectivity index (χ2n) is 5.27. The van der Waals surface area contributed by atoms with Crippen molar-refractivity contribution in [1.29, 1.82) is 0 Å².